The van der Waals surface area contributed by atoms with E-state index in [1.807, 2.05) is 36.2 Å². The molecule has 1 N–H and O–H groups in total. The Balaban J connectivity index is 1.57. The van der Waals surface area contributed by atoms with Crippen molar-refractivity contribution in [1.29, 1.82) is 5.26 Å². The van der Waals surface area contributed by atoms with Gasteiger partial charge in [-0.3, -0.25) is 9.59 Å². The second-order valence-electron chi connectivity index (χ2n) is 9.98. The molecule has 1 saturated carbocycles. The Labute approximate surface area is 207 Å². The van der Waals surface area contributed by atoms with Crippen LogP contribution in [0.15, 0.2) is 24.4 Å². The van der Waals surface area contributed by atoms with Crippen LogP contribution in [0.1, 0.15) is 63.9 Å². The normalized spacial score (nSPS) is 20.9. The maximum absolute atomic E-state index is 13.9. The van der Waals surface area contributed by atoms with Crippen molar-refractivity contribution in [3.05, 3.63) is 35.0 Å². The summed E-state index contributed by atoms with van der Waals surface area (Å²) in [6.07, 6.45) is 9.65. The third-order valence-corrected chi connectivity index (χ3v) is 8.14. The molecular formula is C27H35ClN4O2. The summed E-state index contributed by atoms with van der Waals surface area (Å²) in [5.41, 5.74) is 1.56. The highest BCUT2D eigenvalue weighted by atomic mass is 35.5. The molecule has 1 amide bonds. The summed E-state index contributed by atoms with van der Waals surface area (Å²) in [7, 11) is 1.79. The number of ketones is 1. The lowest BCUT2D eigenvalue weighted by Crippen LogP contribution is -2.45. The smallest absolute Gasteiger partial charge is 0.226 e. The molecule has 1 saturated heterocycles. The first kappa shape index (κ1) is 24.8. The average Bonchev–Trinajstić information content (AvgIpc) is 3.46. The van der Waals surface area contributed by atoms with Crippen molar-refractivity contribution in [2.75, 3.05) is 13.6 Å². The first-order valence-electron chi connectivity index (χ1n) is 12.6. The molecule has 4 rings (SSSR count). The lowest BCUT2D eigenvalue weighted by molar-refractivity contribution is -0.141. The van der Waals surface area contributed by atoms with Crippen molar-refractivity contribution in [1.82, 2.24) is 14.8 Å². The number of hydrogen-bond donors (Lipinski definition) is 1. The van der Waals surface area contributed by atoms with Crippen LogP contribution in [0.3, 0.4) is 0 Å². The molecular weight excluding hydrogens is 448 g/mol. The van der Waals surface area contributed by atoms with Gasteiger partial charge < -0.3 is 14.8 Å². The Bertz CT molecular complexity index is 1080. The van der Waals surface area contributed by atoms with E-state index in [1.54, 1.807) is 7.05 Å². The molecule has 0 bridgehead atoms. The fraction of sp³-hybridized carbons (Fsp3) is 0.593. The molecule has 3 atom stereocenters. The first-order chi connectivity index (χ1) is 16.4. The maximum atomic E-state index is 13.9. The predicted molar refractivity (Wildman–Crippen MR) is 135 cm³/mol. The Kier molecular flexibility index (Phi) is 7.95. The monoisotopic (exact) mass is 482 g/mol. The molecule has 0 radical (unpaired) electrons. The third-order valence-electron chi connectivity index (χ3n) is 7.90. The van der Waals surface area contributed by atoms with Gasteiger partial charge in [0.1, 0.15) is 11.9 Å². The summed E-state index contributed by atoms with van der Waals surface area (Å²) in [5.74, 6) is 0.314. The van der Waals surface area contributed by atoms with Crippen LogP contribution < -0.4 is 5.32 Å². The van der Waals surface area contributed by atoms with E-state index < -0.39 is 0 Å². The van der Waals surface area contributed by atoms with E-state index in [9.17, 15) is 14.9 Å². The number of fused-ring (bicyclic) bond motifs is 1. The molecule has 0 unspecified atom stereocenters. The van der Waals surface area contributed by atoms with Gasteiger partial charge in [-0.2, -0.15) is 5.26 Å². The van der Waals surface area contributed by atoms with Crippen LogP contribution in [-0.2, 0) is 16.1 Å². The molecule has 6 nitrogen and oxygen atoms in total. The van der Waals surface area contributed by atoms with E-state index in [0.29, 0.717) is 23.6 Å². The molecule has 1 aromatic heterocycles. The number of nitriles is 1. The number of nitrogens with zero attached hydrogens (tertiary/aromatic N) is 3. The Morgan fingerprint density at radius 1 is 1.21 bits per heavy atom. The topological polar surface area (TPSA) is 78.1 Å². The molecule has 0 spiro atoms. The van der Waals surface area contributed by atoms with Crippen molar-refractivity contribution < 1.29 is 9.59 Å². The van der Waals surface area contributed by atoms with Crippen molar-refractivity contribution >= 4 is 34.2 Å². The van der Waals surface area contributed by atoms with Crippen molar-refractivity contribution in [2.24, 2.45) is 11.8 Å². The minimum Gasteiger partial charge on any atom is -0.344 e. The van der Waals surface area contributed by atoms with Gasteiger partial charge in [0.25, 0.3) is 0 Å². The van der Waals surface area contributed by atoms with E-state index in [2.05, 4.69) is 16.0 Å². The zero-order chi connectivity index (χ0) is 24.2. The lowest BCUT2D eigenvalue weighted by atomic mass is 9.76. The molecule has 34 heavy (non-hydrogen) atoms. The Hall–Kier alpha value is -2.36. The van der Waals surface area contributed by atoms with Gasteiger partial charge in [0.15, 0.2) is 0 Å². The van der Waals surface area contributed by atoms with Crippen LogP contribution in [0, 0.1) is 23.2 Å². The lowest BCUT2D eigenvalue weighted by Gasteiger charge is -2.35. The van der Waals surface area contributed by atoms with Gasteiger partial charge in [-0.15, -0.1) is 0 Å². The highest BCUT2D eigenvalue weighted by Gasteiger charge is 2.39. The number of likely N-dealkylation sites (N-methyl/N-ethyl adjacent to an activating group) is 1. The summed E-state index contributed by atoms with van der Waals surface area (Å²) in [6.45, 7) is 3.25. The zero-order valence-electron chi connectivity index (χ0n) is 20.2. The Morgan fingerprint density at radius 2 is 1.97 bits per heavy atom. The van der Waals surface area contributed by atoms with Crippen LogP contribution in [0.4, 0.5) is 0 Å². The summed E-state index contributed by atoms with van der Waals surface area (Å²) in [5, 5.41) is 14.1. The Morgan fingerprint density at radius 3 is 2.68 bits per heavy atom. The van der Waals surface area contributed by atoms with Crippen LogP contribution in [0.25, 0.3) is 10.9 Å². The van der Waals surface area contributed by atoms with Crippen LogP contribution in [0.5, 0.6) is 0 Å². The molecule has 182 valence electrons. The third kappa shape index (κ3) is 5.16. The molecule has 2 heterocycles. The van der Waals surface area contributed by atoms with Crippen LogP contribution >= 0.6 is 11.6 Å². The van der Waals surface area contributed by atoms with E-state index in [-0.39, 0.29) is 35.6 Å². The van der Waals surface area contributed by atoms with Gasteiger partial charge in [0.05, 0.1) is 11.6 Å². The standard InChI is InChI=1S/C27H35ClN4O2/c1-18(30-2)26(33)14-24(19-7-4-3-5-8-19)27(34)32-12-6-9-22(32)17-31-16-20(15-29)23-13-21(28)10-11-25(23)31/h10-11,13,16,18-19,22,24,30H,3-9,12,14,17H2,1-2H3/t18-,22-,24-/m0/s1. The van der Waals surface area contributed by atoms with Crippen LogP contribution in [0.2, 0.25) is 5.02 Å². The van der Waals surface area contributed by atoms with E-state index >= 15 is 0 Å². The fourth-order valence-electron chi connectivity index (χ4n) is 5.81. The van der Waals surface area contributed by atoms with E-state index in [0.717, 1.165) is 56.0 Å². The van der Waals surface area contributed by atoms with Gasteiger partial charge in [0.2, 0.25) is 5.91 Å². The number of carbonyl (C=O) groups is 2. The number of halogens is 1. The summed E-state index contributed by atoms with van der Waals surface area (Å²) < 4.78 is 2.09. The van der Waals surface area contributed by atoms with Gasteiger partial charge in [0, 0.05) is 53.6 Å². The second kappa shape index (κ2) is 10.9. The summed E-state index contributed by atoms with van der Waals surface area (Å²) in [6, 6.07) is 7.71. The van der Waals surface area contributed by atoms with E-state index in [1.165, 1.54) is 6.42 Å². The molecule has 1 aliphatic carbocycles. The van der Waals surface area contributed by atoms with Crippen molar-refractivity contribution in [3.8, 4) is 6.07 Å². The number of rotatable bonds is 8. The highest BCUT2D eigenvalue weighted by Crippen LogP contribution is 2.35. The van der Waals surface area contributed by atoms with E-state index in [4.69, 9.17) is 11.6 Å². The number of likely N-dealkylation sites (tertiary alicyclic amines) is 1. The SMILES string of the molecule is CN[C@@H](C)C(=O)C[C@H](C(=O)N1CCC[C@H]1Cn1cc(C#N)c2cc(Cl)ccc21)C1CCCCC1. The molecule has 2 aromatic rings. The molecule has 1 aromatic carbocycles. The fourth-order valence-corrected chi connectivity index (χ4v) is 5.98. The molecule has 7 heteroatoms. The quantitative estimate of drug-likeness (QED) is 0.579. The molecule has 1 aliphatic heterocycles. The maximum Gasteiger partial charge on any atom is 0.226 e. The number of nitrogens with one attached hydrogen (secondary N) is 1. The molecule has 2 fully saturated rings. The van der Waals surface area contributed by atoms with Crippen molar-refractivity contribution in [3.63, 3.8) is 0 Å². The number of carbonyl (C=O) groups excluding carboxylic acids is 2. The van der Waals surface area contributed by atoms with Gasteiger partial charge in [-0.25, -0.2) is 0 Å². The highest BCUT2D eigenvalue weighted by molar-refractivity contribution is 6.31. The molecule has 2 aliphatic rings. The zero-order valence-corrected chi connectivity index (χ0v) is 21.0. The number of amides is 1. The van der Waals surface area contributed by atoms with Gasteiger partial charge in [-0.1, -0.05) is 30.9 Å². The first-order valence-corrected chi connectivity index (χ1v) is 13.0. The predicted octanol–water partition coefficient (Wildman–Crippen LogP) is 4.92. The summed E-state index contributed by atoms with van der Waals surface area (Å²) in [4.78, 5) is 28.8. The minimum atomic E-state index is -0.240. The van der Waals surface area contributed by atoms with Crippen LogP contribution in [-0.4, -0.2) is 46.8 Å². The van der Waals surface area contributed by atoms with Crippen molar-refractivity contribution in [2.45, 2.75) is 76.9 Å². The van der Waals surface area contributed by atoms with Gasteiger partial charge in [-0.05, 0) is 63.8 Å². The largest absolute Gasteiger partial charge is 0.344 e. The number of Topliss-reactive ketones (excluding diaryl/α,β-unsaturated/α-hetero) is 1. The number of hydrogen-bond acceptors (Lipinski definition) is 4. The summed E-state index contributed by atoms with van der Waals surface area (Å²) >= 11 is 6.17. The number of aromatic nitrogens is 1. The second-order valence-corrected chi connectivity index (χ2v) is 10.4. The number of benzene rings is 1. The minimum absolute atomic E-state index is 0.0632. The van der Waals surface area contributed by atoms with Gasteiger partial charge >= 0.3 is 0 Å². The average molecular weight is 483 g/mol.